The summed E-state index contributed by atoms with van der Waals surface area (Å²) in [6, 6.07) is 8.15. The first kappa shape index (κ1) is 14.9. The number of halogens is 1. The highest BCUT2D eigenvalue weighted by molar-refractivity contribution is 9.10. The molecule has 0 radical (unpaired) electrons. The topological polar surface area (TPSA) is 48.4 Å². The maximum Gasteiger partial charge on any atom is 0.0762 e. The van der Waals surface area contributed by atoms with E-state index in [9.17, 15) is 5.11 Å². The number of hydrogen-bond donors (Lipinski definition) is 2. The van der Waals surface area contributed by atoms with Crippen LogP contribution in [0.5, 0.6) is 0 Å². The van der Waals surface area contributed by atoms with Crippen LogP contribution in [0.2, 0.25) is 0 Å². The van der Waals surface area contributed by atoms with E-state index in [-0.39, 0.29) is 12.6 Å². The van der Waals surface area contributed by atoms with Gasteiger partial charge in [-0.15, -0.1) is 0 Å². The minimum atomic E-state index is 0.00963. The lowest BCUT2D eigenvalue weighted by atomic mass is 10.0. The van der Waals surface area contributed by atoms with Crippen LogP contribution in [-0.2, 0) is 0 Å². The van der Waals surface area contributed by atoms with E-state index in [1.807, 2.05) is 12.3 Å². The largest absolute Gasteiger partial charge is 0.394 e. The number of hydrogen-bond acceptors (Lipinski definition) is 4. The number of fused-ring (bicyclic) bond motifs is 1. The number of benzene rings is 1. The molecule has 21 heavy (non-hydrogen) atoms. The van der Waals surface area contributed by atoms with Gasteiger partial charge in [-0.25, -0.2) is 0 Å². The minimum Gasteiger partial charge on any atom is -0.394 e. The van der Waals surface area contributed by atoms with Crippen molar-refractivity contribution in [1.29, 1.82) is 0 Å². The Kier molecular flexibility index (Phi) is 4.85. The van der Waals surface area contributed by atoms with Gasteiger partial charge >= 0.3 is 0 Å². The number of rotatable bonds is 3. The first-order valence-electron chi connectivity index (χ1n) is 7.40. The fraction of sp³-hybridized carbons (Fsp3) is 0.438. The van der Waals surface area contributed by atoms with Gasteiger partial charge in [0.25, 0.3) is 0 Å². The second-order valence-corrected chi connectivity index (χ2v) is 6.23. The van der Waals surface area contributed by atoms with Gasteiger partial charge in [-0.05, 0) is 30.7 Å². The Hall–Kier alpha value is -1.01. The maximum absolute atomic E-state index is 9.95. The molecule has 0 saturated carbocycles. The molecule has 0 aliphatic carbocycles. The molecule has 1 unspecified atom stereocenters. The molecular weight excluding hydrogens is 330 g/mol. The summed E-state index contributed by atoms with van der Waals surface area (Å²) in [5.41, 5.74) is 2.08. The van der Waals surface area contributed by atoms with Crippen LogP contribution in [-0.4, -0.2) is 47.8 Å². The summed E-state index contributed by atoms with van der Waals surface area (Å²) in [5.74, 6) is 0. The molecule has 5 heteroatoms. The third-order valence-corrected chi connectivity index (χ3v) is 4.79. The highest BCUT2D eigenvalue weighted by Gasteiger charge is 2.23. The summed E-state index contributed by atoms with van der Waals surface area (Å²) in [4.78, 5) is 6.90. The van der Waals surface area contributed by atoms with Gasteiger partial charge < -0.3 is 10.4 Å². The maximum atomic E-state index is 9.95. The summed E-state index contributed by atoms with van der Waals surface area (Å²) < 4.78 is 1.04. The van der Waals surface area contributed by atoms with Crippen molar-refractivity contribution in [2.45, 2.75) is 12.5 Å². The van der Waals surface area contributed by atoms with Crippen LogP contribution < -0.4 is 5.32 Å². The van der Waals surface area contributed by atoms with Crippen molar-refractivity contribution in [3.8, 4) is 0 Å². The van der Waals surface area contributed by atoms with Gasteiger partial charge in [0.05, 0.1) is 18.2 Å². The lowest BCUT2D eigenvalue weighted by Crippen LogP contribution is -2.34. The number of nitrogens with one attached hydrogen (secondary N) is 1. The molecule has 4 nitrogen and oxygen atoms in total. The van der Waals surface area contributed by atoms with Crippen molar-refractivity contribution in [3.05, 3.63) is 40.5 Å². The van der Waals surface area contributed by atoms with E-state index in [2.05, 4.69) is 49.3 Å². The zero-order valence-corrected chi connectivity index (χ0v) is 13.5. The monoisotopic (exact) mass is 349 g/mol. The Balaban J connectivity index is 2.02. The van der Waals surface area contributed by atoms with Crippen LogP contribution in [0.25, 0.3) is 10.9 Å². The van der Waals surface area contributed by atoms with Gasteiger partial charge in [0.1, 0.15) is 0 Å². The van der Waals surface area contributed by atoms with Crippen LogP contribution in [0.4, 0.5) is 0 Å². The molecule has 2 aromatic rings. The normalized spacial score (nSPS) is 18.6. The SMILES string of the molecule is OCC(c1ccc(Br)c2cccnc12)N1CCCNCC1. The molecule has 2 N–H and O–H groups in total. The molecule has 1 aliphatic rings. The lowest BCUT2D eigenvalue weighted by Gasteiger charge is -2.30. The molecule has 1 aliphatic heterocycles. The van der Waals surface area contributed by atoms with Crippen molar-refractivity contribution >= 4 is 26.8 Å². The van der Waals surface area contributed by atoms with Crippen molar-refractivity contribution in [2.75, 3.05) is 32.8 Å². The van der Waals surface area contributed by atoms with Crippen LogP contribution >= 0.6 is 15.9 Å². The van der Waals surface area contributed by atoms with E-state index in [1.54, 1.807) is 0 Å². The van der Waals surface area contributed by atoms with Gasteiger partial charge in [0.15, 0.2) is 0 Å². The second kappa shape index (κ2) is 6.83. The predicted octanol–water partition coefficient (Wildman–Crippen LogP) is 2.33. The molecule has 1 fully saturated rings. The van der Waals surface area contributed by atoms with E-state index in [0.717, 1.165) is 53.5 Å². The molecule has 2 heterocycles. The lowest BCUT2D eigenvalue weighted by molar-refractivity contribution is 0.130. The third kappa shape index (κ3) is 3.11. The fourth-order valence-corrected chi connectivity index (χ4v) is 3.47. The molecule has 0 spiro atoms. The molecule has 1 saturated heterocycles. The average Bonchev–Trinajstić information content (AvgIpc) is 2.80. The first-order chi connectivity index (χ1) is 10.3. The quantitative estimate of drug-likeness (QED) is 0.892. The number of nitrogens with zero attached hydrogens (tertiary/aromatic N) is 2. The zero-order valence-electron chi connectivity index (χ0n) is 11.9. The number of aromatic nitrogens is 1. The van der Waals surface area contributed by atoms with Gasteiger partial charge in [-0.1, -0.05) is 28.1 Å². The zero-order chi connectivity index (χ0) is 14.7. The van der Waals surface area contributed by atoms with Crippen LogP contribution in [0.3, 0.4) is 0 Å². The van der Waals surface area contributed by atoms with Crippen molar-refractivity contribution in [2.24, 2.45) is 0 Å². The van der Waals surface area contributed by atoms with E-state index >= 15 is 0 Å². The Morgan fingerprint density at radius 1 is 1.29 bits per heavy atom. The Labute approximate surface area is 133 Å². The third-order valence-electron chi connectivity index (χ3n) is 4.10. The highest BCUT2D eigenvalue weighted by atomic mass is 79.9. The number of aliphatic hydroxyl groups is 1. The summed E-state index contributed by atoms with van der Waals surface area (Å²) in [6.07, 6.45) is 2.93. The highest BCUT2D eigenvalue weighted by Crippen LogP contribution is 2.31. The van der Waals surface area contributed by atoms with Crippen LogP contribution in [0.15, 0.2) is 34.9 Å². The van der Waals surface area contributed by atoms with E-state index in [0.29, 0.717) is 0 Å². The Morgan fingerprint density at radius 2 is 2.19 bits per heavy atom. The fourth-order valence-electron chi connectivity index (χ4n) is 3.02. The summed E-state index contributed by atoms with van der Waals surface area (Å²) in [6.45, 7) is 4.10. The summed E-state index contributed by atoms with van der Waals surface area (Å²) >= 11 is 3.58. The van der Waals surface area contributed by atoms with E-state index in [4.69, 9.17) is 0 Å². The number of aliphatic hydroxyl groups excluding tert-OH is 1. The Morgan fingerprint density at radius 3 is 3.05 bits per heavy atom. The van der Waals surface area contributed by atoms with Crippen molar-refractivity contribution < 1.29 is 5.11 Å². The molecule has 1 atom stereocenters. The molecule has 0 amide bonds. The average molecular weight is 350 g/mol. The molecule has 1 aromatic carbocycles. The van der Waals surface area contributed by atoms with Crippen LogP contribution in [0.1, 0.15) is 18.0 Å². The van der Waals surface area contributed by atoms with E-state index < -0.39 is 0 Å². The van der Waals surface area contributed by atoms with Gasteiger partial charge in [0.2, 0.25) is 0 Å². The Bertz CT molecular complexity index is 611. The molecule has 112 valence electrons. The second-order valence-electron chi connectivity index (χ2n) is 5.37. The number of pyridine rings is 1. The van der Waals surface area contributed by atoms with Crippen LogP contribution in [0, 0.1) is 0 Å². The minimum absolute atomic E-state index is 0.00963. The molecule has 3 rings (SSSR count). The molecule has 1 aromatic heterocycles. The first-order valence-corrected chi connectivity index (χ1v) is 8.19. The summed E-state index contributed by atoms with van der Waals surface area (Å²) in [7, 11) is 0. The molecule has 0 bridgehead atoms. The van der Waals surface area contributed by atoms with Gasteiger partial charge in [-0.3, -0.25) is 9.88 Å². The summed E-state index contributed by atoms with van der Waals surface area (Å²) in [5, 5.41) is 14.5. The van der Waals surface area contributed by atoms with Gasteiger partial charge in [0, 0.05) is 35.7 Å². The standard InChI is InChI=1S/C16H20BrN3O/c17-14-5-4-13(16-12(14)3-1-7-19-16)15(11-21)20-9-2-6-18-8-10-20/h1,3-5,7,15,18,21H,2,6,8-11H2. The van der Waals surface area contributed by atoms with Gasteiger partial charge in [-0.2, -0.15) is 0 Å². The van der Waals surface area contributed by atoms with Crippen molar-refractivity contribution in [3.63, 3.8) is 0 Å². The van der Waals surface area contributed by atoms with Crippen molar-refractivity contribution in [1.82, 2.24) is 15.2 Å². The molecular formula is C16H20BrN3O. The predicted molar refractivity (Wildman–Crippen MR) is 88.3 cm³/mol. The smallest absolute Gasteiger partial charge is 0.0762 e. The van der Waals surface area contributed by atoms with E-state index in [1.165, 1.54) is 0 Å².